The topological polar surface area (TPSA) is 92.2 Å². The molecule has 3 heterocycles. The van der Waals surface area contributed by atoms with Crippen LogP contribution in [0.3, 0.4) is 0 Å². The molecule has 0 saturated carbocycles. The van der Waals surface area contributed by atoms with Crippen LogP contribution in [-0.2, 0) is 14.3 Å². The molecule has 2 aromatic carbocycles. The Bertz CT molecular complexity index is 1280. The molecule has 5 rings (SSSR count). The van der Waals surface area contributed by atoms with Gasteiger partial charge < -0.3 is 19.5 Å². The third-order valence-corrected chi connectivity index (χ3v) is 6.62. The number of carbonyl (C=O) groups is 2. The van der Waals surface area contributed by atoms with E-state index >= 15 is 0 Å². The average Bonchev–Trinajstić information content (AvgIpc) is 3.17. The zero-order chi connectivity index (χ0) is 24.4. The maximum atomic E-state index is 13.2. The Kier molecular flexibility index (Phi) is 6.48. The Morgan fingerprint density at radius 1 is 1.09 bits per heavy atom. The van der Waals surface area contributed by atoms with Gasteiger partial charge >= 0.3 is 0 Å². The minimum Gasteiger partial charge on any atom is -0.507 e. The van der Waals surface area contributed by atoms with E-state index in [1.807, 2.05) is 36.4 Å². The molecule has 1 amide bonds. The first-order valence-electron chi connectivity index (χ1n) is 11.6. The molecule has 0 spiro atoms. The smallest absolute Gasteiger partial charge is 0.295 e. The van der Waals surface area contributed by atoms with Crippen molar-refractivity contribution < 1.29 is 24.2 Å². The van der Waals surface area contributed by atoms with Crippen LogP contribution in [0.5, 0.6) is 5.75 Å². The van der Waals surface area contributed by atoms with E-state index in [1.54, 1.807) is 36.5 Å². The number of amides is 1. The lowest BCUT2D eigenvalue weighted by atomic mass is 9.95. The highest BCUT2D eigenvalue weighted by Crippen LogP contribution is 2.39. The van der Waals surface area contributed by atoms with Crippen molar-refractivity contribution in [3.8, 4) is 5.75 Å². The fourth-order valence-electron chi connectivity index (χ4n) is 4.72. The number of aromatic nitrogens is 1. The molecule has 3 aromatic rings. The first kappa shape index (κ1) is 23.0. The number of rotatable bonds is 6. The highest BCUT2D eigenvalue weighted by molar-refractivity contribution is 6.46. The molecule has 0 radical (unpaired) electrons. The molecule has 0 aliphatic carbocycles. The molecule has 2 aliphatic heterocycles. The summed E-state index contributed by atoms with van der Waals surface area (Å²) in [4.78, 5) is 34.3. The van der Waals surface area contributed by atoms with Gasteiger partial charge in [-0.2, -0.15) is 0 Å². The van der Waals surface area contributed by atoms with E-state index in [1.165, 1.54) is 0 Å². The summed E-state index contributed by atoms with van der Waals surface area (Å²) in [6.45, 7) is 3.84. The number of methoxy groups -OCH3 is 1. The van der Waals surface area contributed by atoms with Gasteiger partial charge in [-0.15, -0.1) is 0 Å². The molecule has 1 aromatic heterocycles. The third kappa shape index (κ3) is 4.50. The molecule has 2 fully saturated rings. The summed E-state index contributed by atoms with van der Waals surface area (Å²) in [7, 11) is 1.61. The Morgan fingerprint density at radius 3 is 2.60 bits per heavy atom. The number of hydrogen-bond donors (Lipinski definition) is 1. The van der Waals surface area contributed by atoms with Gasteiger partial charge in [0, 0.05) is 44.1 Å². The summed E-state index contributed by atoms with van der Waals surface area (Å²) in [5.41, 5.74) is 1.24. The number of Topliss-reactive ketones (excluding diaryl/α,β-unsaturated/α-hetero) is 1. The Labute approximate surface area is 203 Å². The monoisotopic (exact) mass is 473 g/mol. The van der Waals surface area contributed by atoms with Crippen LogP contribution in [0, 0.1) is 0 Å². The molecule has 8 nitrogen and oxygen atoms in total. The van der Waals surface area contributed by atoms with E-state index < -0.39 is 17.7 Å². The normalized spacial score (nSPS) is 20.5. The number of fused-ring (bicyclic) bond motifs is 1. The second kappa shape index (κ2) is 9.85. The van der Waals surface area contributed by atoms with E-state index in [0.717, 1.165) is 29.6 Å². The van der Waals surface area contributed by atoms with Crippen LogP contribution in [0.1, 0.15) is 17.2 Å². The average molecular weight is 474 g/mol. The fraction of sp³-hybridized carbons (Fsp3) is 0.296. The number of hydrogen-bond acceptors (Lipinski definition) is 7. The standard InChI is InChI=1S/C27H27N3O5/c1-34-22-7-6-18-15-20(5-4-19(18)16-22)25(31)23-24(21-3-2-8-28-17-21)30(27(33)26(23)32)10-9-29-11-13-35-14-12-29/h2-8,15-17,24,31H,9-14H2,1H3/b25-23+. The molecule has 2 aliphatic rings. The van der Waals surface area contributed by atoms with E-state index in [-0.39, 0.29) is 11.3 Å². The van der Waals surface area contributed by atoms with Crippen LogP contribution in [0.4, 0.5) is 0 Å². The molecule has 0 bridgehead atoms. The number of benzene rings is 2. The van der Waals surface area contributed by atoms with Crippen molar-refractivity contribution in [2.24, 2.45) is 0 Å². The molecule has 1 unspecified atom stereocenters. The second-order valence-corrected chi connectivity index (χ2v) is 8.66. The molecular weight excluding hydrogens is 446 g/mol. The highest BCUT2D eigenvalue weighted by atomic mass is 16.5. The maximum absolute atomic E-state index is 13.2. The van der Waals surface area contributed by atoms with Gasteiger partial charge in [0.25, 0.3) is 11.7 Å². The van der Waals surface area contributed by atoms with Crippen molar-refractivity contribution in [2.75, 3.05) is 46.5 Å². The van der Waals surface area contributed by atoms with Gasteiger partial charge in [-0.1, -0.05) is 24.3 Å². The summed E-state index contributed by atoms with van der Waals surface area (Å²) in [6.07, 6.45) is 3.28. The lowest BCUT2D eigenvalue weighted by Crippen LogP contribution is -2.42. The van der Waals surface area contributed by atoms with Crippen LogP contribution >= 0.6 is 0 Å². The van der Waals surface area contributed by atoms with Gasteiger partial charge in [0.1, 0.15) is 11.5 Å². The molecule has 1 atom stereocenters. The van der Waals surface area contributed by atoms with Crippen LogP contribution in [0.15, 0.2) is 66.5 Å². The molecular formula is C27H27N3O5. The summed E-state index contributed by atoms with van der Waals surface area (Å²) in [5, 5.41) is 13.2. The number of pyridine rings is 1. The van der Waals surface area contributed by atoms with Crippen molar-refractivity contribution in [1.29, 1.82) is 0 Å². The number of aliphatic hydroxyl groups excluding tert-OH is 1. The SMILES string of the molecule is COc1ccc2cc(/C(O)=C3\C(=O)C(=O)N(CCN4CCOCC4)C3c3cccnc3)ccc2c1. The van der Waals surface area contributed by atoms with E-state index in [9.17, 15) is 14.7 Å². The Balaban J connectivity index is 1.54. The van der Waals surface area contributed by atoms with Crippen molar-refractivity contribution in [1.82, 2.24) is 14.8 Å². The predicted molar refractivity (Wildman–Crippen MR) is 131 cm³/mol. The number of ketones is 1. The first-order chi connectivity index (χ1) is 17.1. The van der Waals surface area contributed by atoms with Crippen molar-refractivity contribution in [2.45, 2.75) is 6.04 Å². The number of carbonyl (C=O) groups excluding carboxylic acids is 2. The van der Waals surface area contributed by atoms with Gasteiger partial charge in [0.15, 0.2) is 0 Å². The highest BCUT2D eigenvalue weighted by Gasteiger charge is 2.46. The maximum Gasteiger partial charge on any atom is 0.295 e. The van der Waals surface area contributed by atoms with Gasteiger partial charge in [-0.05, 0) is 40.6 Å². The van der Waals surface area contributed by atoms with Crippen LogP contribution in [0.2, 0.25) is 0 Å². The number of likely N-dealkylation sites (tertiary alicyclic amines) is 1. The quantitative estimate of drug-likeness (QED) is 0.334. The van der Waals surface area contributed by atoms with Gasteiger partial charge in [-0.3, -0.25) is 19.5 Å². The number of ether oxygens (including phenoxy) is 2. The van der Waals surface area contributed by atoms with Crippen LogP contribution in [-0.4, -0.2) is 78.1 Å². The van der Waals surface area contributed by atoms with E-state index in [0.29, 0.717) is 37.4 Å². The number of nitrogens with zero attached hydrogens (tertiary/aromatic N) is 3. The van der Waals surface area contributed by atoms with Crippen molar-refractivity contribution in [3.05, 3.63) is 77.6 Å². The minimum atomic E-state index is -0.712. The molecule has 2 saturated heterocycles. The van der Waals surface area contributed by atoms with E-state index in [4.69, 9.17) is 9.47 Å². The lowest BCUT2D eigenvalue weighted by molar-refractivity contribution is -0.140. The summed E-state index contributed by atoms with van der Waals surface area (Å²) < 4.78 is 10.7. The Hall–Kier alpha value is -3.75. The minimum absolute atomic E-state index is 0.0813. The molecule has 180 valence electrons. The molecule has 8 heteroatoms. The van der Waals surface area contributed by atoms with Crippen molar-refractivity contribution in [3.63, 3.8) is 0 Å². The zero-order valence-electron chi connectivity index (χ0n) is 19.5. The number of aliphatic hydroxyl groups is 1. The summed E-state index contributed by atoms with van der Waals surface area (Å²) >= 11 is 0. The number of morpholine rings is 1. The Morgan fingerprint density at radius 2 is 1.86 bits per heavy atom. The van der Waals surface area contributed by atoms with Crippen molar-refractivity contribution >= 4 is 28.2 Å². The lowest BCUT2D eigenvalue weighted by Gasteiger charge is -2.30. The second-order valence-electron chi connectivity index (χ2n) is 8.66. The third-order valence-electron chi connectivity index (χ3n) is 6.62. The van der Waals surface area contributed by atoms with Crippen LogP contribution < -0.4 is 4.74 Å². The van der Waals surface area contributed by atoms with Gasteiger partial charge in [-0.25, -0.2) is 0 Å². The zero-order valence-corrected chi connectivity index (χ0v) is 19.5. The summed E-state index contributed by atoms with van der Waals surface area (Å²) in [6, 6.07) is 13.9. The molecule has 35 heavy (non-hydrogen) atoms. The largest absolute Gasteiger partial charge is 0.507 e. The van der Waals surface area contributed by atoms with Crippen LogP contribution in [0.25, 0.3) is 16.5 Å². The van der Waals surface area contributed by atoms with Gasteiger partial charge in [0.2, 0.25) is 0 Å². The van der Waals surface area contributed by atoms with E-state index in [2.05, 4.69) is 9.88 Å². The summed E-state index contributed by atoms with van der Waals surface area (Å²) in [5.74, 6) is -0.756. The first-order valence-corrected chi connectivity index (χ1v) is 11.6. The fourth-order valence-corrected chi connectivity index (χ4v) is 4.72. The molecule has 1 N–H and O–H groups in total. The van der Waals surface area contributed by atoms with Gasteiger partial charge in [0.05, 0.1) is 31.9 Å². The predicted octanol–water partition coefficient (Wildman–Crippen LogP) is 3.00.